The van der Waals surface area contributed by atoms with Crippen LogP contribution in [0.25, 0.3) is 0 Å². The molecule has 1 aromatic rings. The van der Waals surface area contributed by atoms with Gasteiger partial charge in [0.15, 0.2) is 0 Å². The van der Waals surface area contributed by atoms with Gasteiger partial charge >= 0.3 is 0 Å². The van der Waals surface area contributed by atoms with Crippen molar-refractivity contribution >= 4 is 41.6 Å². The smallest absolute Gasteiger partial charge is 0.262 e. The van der Waals surface area contributed by atoms with Gasteiger partial charge in [0.05, 0.1) is 4.90 Å². The zero-order valence-electron chi connectivity index (χ0n) is 11.9. The van der Waals surface area contributed by atoms with Gasteiger partial charge in [0, 0.05) is 26.3 Å². The fourth-order valence-electron chi connectivity index (χ4n) is 2.53. The predicted molar refractivity (Wildman–Crippen MR) is 86.3 cm³/mol. The van der Waals surface area contributed by atoms with E-state index in [0.29, 0.717) is 15.6 Å². The number of hydrogen-bond donors (Lipinski definition) is 1. The van der Waals surface area contributed by atoms with E-state index in [1.807, 2.05) is 6.92 Å². The standard InChI is InChI=1S/C14H17BrClNO3S/c1-3-14(5-4-6-14)17-13(18)10-7-9(2)12(15)11(8-10)21(16,19)20/h7-8H,3-6H2,1-2H3,(H,17,18). The lowest BCUT2D eigenvalue weighted by atomic mass is 9.74. The highest BCUT2D eigenvalue weighted by Crippen LogP contribution is 2.35. The maximum absolute atomic E-state index is 12.4. The van der Waals surface area contributed by atoms with E-state index in [4.69, 9.17) is 10.7 Å². The number of halogens is 2. The highest BCUT2D eigenvalue weighted by atomic mass is 79.9. The summed E-state index contributed by atoms with van der Waals surface area (Å²) in [6, 6.07) is 2.98. The van der Waals surface area contributed by atoms with Crippen molar-refractivity contribution in [2.24, 2.45) is 0 Å². The van der Waals surface area contributed by atoms with Crippen LogP contribution in [-0.2, 0) is 9.05 Å². The van der Waals surface area contributed by atoms with Crippen LogP contribution < -0.4 is 5.32 Å². The molecule has 1 aliphatic rings. The summed E-state index contributed by atoms with van der Waals surface area (Å²) in [6.07, 6.45) is 3.90. The lowest BCUT2D eigenvalue weighted by Crippen LogP contribution is -2.53. The van der Waals surface area contributed by atoms with E-state index >= 15 is 0 Å². The van der Waals surface area contributed by atoms with Crippen molar-refractivity contribution in [2.45, 2.75) is 50.0 Å². The Kier molecular flexibility index (Phi) is 4.71. The lowest BCUT2D eigenvalue weighted by Gasteiger charge is -2.42. The monoisotopic (exact) mass is 393 g/mol. The van der Waals surface area contributed by atoms with Crippen LogP contribution in [0, 0.1) is 6.92 Å². The van der Waals surface area contributed by atoms with Crippen molar-refractivity contribution in [1.82, 2.24) is 5.32 Å². The second-order valence-electron chi connectivity index (χ2n) is 5.48. The Labute approximate surface area is 137 Å². The van der Waals surface area contributed by atoms with E-state index < -0.39 is 9.05 Å². The SMILES string of the molecule is CCC1(NC(=O)c2cc(C)c(Br)c(S(=O)(=O)Cl)c2)CCC1. The van der Waals surface area contributed by atoms with Crippen molar-refractivity contribution in [3.8, 4) is 0 Å². The molecule has 21 heavy (non-hydrogen) atoms. The molecule has 1 fully saturated rings. The molecule has 0 aliphatic heterocycles. The first-order valence-corrected chi connectivity index (χ1v) is 9.86. The van der Waals surface area contributed by atoms with Crippen LogP contribution in [0.3, 0.4) is 0 Å². The molecule has 0 bridgehead atoms. The van der Waals surface area contributed by atoms with Crippen LogP contribution in [0.4, 0.5) is 0 Å². The summed E-state index contributed by atoms with van der Waals surface area (Å²) in [5.74, 6) is -0.256. The average molecular weight is 395 g/mol. The Balaban J connectivity index is 2.36. The zero-order valence-corrected chi connectivity index (χ0v) is 15.0. The van der Waals surface area contributed by atoms with Crippen molar-refractivity contribution in [3.05, 3.63) is 27.7 Å². The summed E-state index contributed by atoms with van der Waals surface area (Å²) in [7, 11) is 1.51. The molecule has 1 N–H and O–H groups in total. The molecule has 0 aromatic heterocycles. The molecule has 7 heteroatoms. The van der Waals surface area contributed by atoms with Gasteiger partial charge in [-0.3, -0.25) is 4.79 Å². The number of carbonyl (C=O) groups excluding carboxylic acids is 1. The van der Waals surface area contributed by atoms with E-state index in [9.17, 15) is 13.2 Å². The molecular formula is C14H17BrClNO3S. The summed E-state index contributed by atoms with van der Waals surface area (Å²) in [5.41, 5.74) is 0.827. The van der Waals surface area contributed by atoms with E-state index in [2.05, 4.69) is 21.2 Å². The quantitative estimate of drug-likeness (QED) is 0.791. The molecule has 4 nitrogen and oxygen atoms in total. The molecule has 1 aromatic carbocycles. The van der Waals surface area contributed by atoms with E-state index in [-0.39, 0.29) is 16.3 Å². The number of nitrogens with one attached hydrogen (secondary N) is 1. The minimum absolute atomic E-state index is 0.0755. The average Bonchev–Trinajstić information content (AvgIpc) is 2.35. The molecular weight excluding hydrogens is 378 g/mol. The van der Waals surface area contributed by atoms with Gasteiger partial charge in [0.2, 0.25) is 0 Å². The van der Waals surface area contributed by atoms with Gasteiger partial charge in [-0.25, -0.2) is 8.42 Å². The fourth-order valence-corrected chi connectivity index (χ4v) is 4.68. The van der Waals surface area contributed by atoms with Crippen molar-refractivity contribution < 1.29 is 13.2 Å². The van der Waals surface area contributed by atoms with Gasteiger partial charge in [-0.05, 0) is 66.2 Å². The van der Waals surface area contributed by atoms with Crippen molar-refractivity contribution in [1.29, 1.82) is 0 Å². The number of aryl methyl sites for hydroxylation is 1. The highest BCUT2D eigenvalue weighted by molar-refractivity contribution is 9.10. The first-order valence-electron chi connectivity index (χ1n) is 6.76. The molecule has 2 rings (SSSR count). The van der Waals surface area contributed by atoms with E-state index in [1.54, 1.807) is 13.0 Å². The third-order valence-corrected chi connectivity index (χ3v) is 6.77. The first-order chi connectivity index (χ1) is 9.68. The molecule has 116 valence electrons. The van der Waals surface area contributed by atoms with Crippen LogP contribution in [-0.4, -0.2) is 19.9 Å². The Morgan fingerprint density at radius 2 is 2.05 bits per heavy atom. The summed E-state index contributed by atoms with van der Waals surface area (Å²) >= 11 is 3.20. The molecule has 0 heterocycles. The summed E-state index contributed by atoms with van der Waals surface area (Å²) in [5, 5.41) is 3.03. The highest BCUT2D eigenvalue weighted by Gasteiger charge is 2.36. The summed E-state index contributed by atoms with van der Waals surface area (Å²) in [6.45, 7) is 3.77. The van der Waals surface area contributed by atoms with Gasteiger partial charge < -0.3 is 5.32 Å². The third-order valence-electron chi connectivity index (χ3n) is 4.11. The lowest BCUT2D eigenvalue weighted by molar-refractivity contribution is 0.0820. The van der Waals surface area contributed by atoms with Gasteiger partial charge in [0.25, 0.3) is 15.0 Å². The zero-order chi connectivity index (χ0) is 15.8. The number of rotatable bonds is 4. The Hall–Kier alpha value is -0.590. The Morgan fingerprint density at radius 3 is 2.48 bits per heavy atom. The molecule has 0 unspecified atom stereocenters. The second kappa shape index (κ2) is 5.89. The molecule has 1 amide bonds. The third kappa shape index (κ3) is 3.43. The van der Waals surface area contributed by atoms with Crippen molar-refractivity contribution in [3.63, 3.8) is 0 Å². The van der Waals surface area contributed by atoms with E-state index in [0.717, 1.165) is 25.7 Å². The Morgan fingerprint density at radius 1 is 1.43 bits per heavy atom. The Bertz CT molecular complexity index is 678. The van der Waals surface area contributed by atoms with Crippen LogP contribution in [0.2, 0.25) is 0 Å². The maximum atomic E-state index is 12.4. The van der Waals surface area contributed by atoms with Crippen LogP contribution in [0.1, 0.15) is 48.5 Å². The van der Waals surface area contributed by atoms with Crippen molar-refractivity contribution in [2.75, 3.05) is 0 Å². The van der Waals surface area contributed by atoms with Crippen LogP contribution >= 0.6 is 26.6 Å². The number of benzene rings is 1. The molecule has 1 saturated carbocycles. The normalized spacial score (nSPS) is 17.1. The van der Waals surface area contributed by atoms with E-state index in [1.165, 1.54) is 6.07 Å². The number of hydrogen-bond acceptors (Lipinski definition) is 3. The predicted octanol–water partition coefficient (Wildman–Crippen LogP) is 3.75. The molecule has 0 atom stereocenters. The first kappa shape index (κ1) is 16.8. The second-order valence-corrected chi connectivity index (χ2v) is 8.81. The molecule has 0 radical (unpaired) electrons. The summed E-state index contributed by atoms with van der Waals surface area (Å²) < 4.78 is 23.6. The molecule has 0 saturated heterocycles. The number of amides is 1. The van der Waals surface area contributed by atoms with Gasteiger partial charge in [0.1, 0.15) is 0 Å². The topological polar surface area (TPSA) is 63.2 Å². The van der Waals surface area contributed by atoms with Gasteiger partial charge in [-0.1, -0.05) is 6.92 Å². The summed E-state index contributed by atoms with van der Waals surface area (Å²) in [4.78, 5) is 12.3. The molecule has 0 spiro atoms. The van der Waals surface area contributed by atoms with Crippen LogP contribution in [0.15, 0.2) is 21.5 Å². The molecule has 1 aliphatic carbocycles. The van der Waals surface area contributed by atoms with Crippen LogP contribution in [0.5, 0.6) is 0 Å². The van der Waals surface area contributed by atoms with Gasteiger partial charge in [-0.2, -0.15) is 0 Å². The largest absolute Gasteiger partial charge is 0.347 e. The maximum Gasteiger partial charge on any atom is 0.262 e. The minimum Gasteiger partial charge on any atom is -0.347 e. The fraction of sp³-hybridized carbons (Fsp3) is 0.500. The minimum atomic E-state index is -3.91. The van der Waals surface area contributed by atoms with Gasteiger partial charge in [-0.15, -0.1) is 0 Å². The number of carbonyl (C=O) groups is 1.